The topological polar surface area (TPSA) is 12.0 Å². The lowest BCUT2D eigenvalue weighted by molar-refractivity contribution is 0.0571. The molecular weight excluding hydrogens is 242 g/mol. The summed E-state index contributed by atoms with van der Waals surface area (Å²) in [4.78, 5) is 0. The van der Waals surface area contributed by atoms with E-state index in [4.69, 9.17) is 11.6 Å². The number of halogens is 1. The number of benzene rings is 1. The van der Waals surface area contributed by atoms with Crippen molar-refractivity contribution in [1.29, 1.82) is 0 Å². The van der Waals surface area contributed by atoms with Gasteiger partial charge in [-0.3, -0.25) is 0 Å². The predicted octanol–water partition coefficient (Wildman–Crippen LogP) is 5.17. The molecule has 2 aliphatic rings. The van der Waals surface area contributed by atoms with E-state index in [2.05, 4.69) is 24.4 Å². The number of nitrogens with one attached hydrogen (secondary N) is 1. The quantitative estimate of drug-likeness (QED) is 0.776. The highest BCUT2D eigenvalue weighted by Crippen LogP contribution is 2.53. The van der Waals surface area contributed by atoms with Crippen LogP contribution in [-0.2, 0) is 0 Å². The summed E-state index contributed by atoms with van der Waals surface area (Å²) in [5, 5.41) is 4.58. The summed E-state index contributed by atoms with van der Waals surface area (Å²) < 4.78 is 0. The van der Waals surface area contributed by atoms with Crippen LogP contribution >= 0.6 is 11.6 Å². The van der Waals surface area contributed by atoms with Crippen molar-refractivity contribution in [3.05, 3.63) is 28.8 Å². The van der Waals surface area contributed by atoms with Gasteiger partial charge in [-0.25, -0.2) is 0 Å². The van der Waals surface area contributed by atoms with Gasteiger partial charge >= 0.3 is 0 Å². The first kappa shape index (κ1) is 12.3. The molecule has 18 heavy (non-hydrogen) atoms. The van der Waals surface area contributed by atoms with E-state index in [0.717, 1.165) is 10.7 Å². The number of aryl methyl sites for hydroxylation is 1. The van der Waals surface area contributed by atoms with Gasteiger partial charge in [-0.15, -0.1) is 0 Å². The van der Waals surface area contributed by atoms with Crippen molar-refractivity contribution in [2.24, 2.45) is 5.41 Å². The van der Waals surface area contributed by atoms with Gasteiger partial charge in [-0.1, -0.05) is 36.9 Å². The van der Waals surface area contributed by atoms with Crippen LogP contribution in [0.4, 0.5) is 5.69 Å². The monoisotopic (exact) mass is 263 g/mol. The fraction of sp³-hybridized carbons (Fsp3) is 0.625. The molecule has 0 radical (unpaired) electrons. The third-order valence-corrected chi connectivity index (χ3v) is 5.30. The summed E-state index contributed by atoms with van der Waals surface area (Å²) in [6, 6.07) is 6.91. The molecule has 1 atom stereocenters. The molecule has 3 rings (SSSR count). The molecule has 1 spiro atoms. The van der Waals surface area contributed by atoms with Crippen LogP contribution in [0.2, 0.25) is 5.02 Å². The van der Waals surface area contributed by atoms with E-state index in [1.807, 2.05) is 6.07 Å². The maximum absolute atomic E-state index is 6.29. The largest absolute Gasteiger partial charge is 0.381 e. The zero-order chi connectivity index (χ0) is 12.6. The first-order valence-corrected chi connectivity index (χ1v) is 7.60. The summed E-state index contributed by atoms with van der Waals surface area (Å²) in [5.74, 6) is 0. The molecule has 0 aliphatic heterocycles. The zero-order valence-corrected chi connectivity index (χ0v) is 11.9. The highest BCUT2D eigenvalue weighted by atomic mass is 35.5. The highest BCUT2D eigenvalue weighted by Gasteiger charge is 2.46. The van der Waals surface area contributed by atoms with Crippen molar-refractivity contribution in [3.63, 3.8) is 0 Å². The molecule has 1 N–H and O–H groups in total. The Bertz CT molecular complexity index is 435. The molecule has 2 heteroatoms. The Balaban J connectivity index is 1.74. The summed E-state index contributed by atoms with van der Waals surface area (Å²) >= 11 is 6.29. The van der Waals surface area contributed by atoms with Gasteiger partial charge in [0.1, 0.15) is 0 Å². The molecule has 1 aromatic rings. The van der Waals surface area contributed by atoms with Crippen LogP contribution in [0.5, 0.6) is 0 Å². The van der Waals surface area contributed by atoms with E-state index in [0.29, 0.717) is 11.5 Å². The third kappa shape index (κ3) is 2.14. The smallest absolute Gasteiger partial charge is 0.0637 e. The van der Waals surface area contributed by atoms with E-state index in [-0.39, 0.29) is 0 Å². The summed E-state index contributed by atoms with van der Waals surface area (Å²) in [6.07, 6.45) is 9.81. The van der Waals surface area contributed by atoms with E-state index in [1.54, 1.807) is 0 Å². The Hall–Kier alpha value is -0.690. The normalized spacial score (nSPS) is 25.8. The molecule has 1 aromatic carbocycles. The van der Waals surface area contributed by atoms with Crippen LogP contribution in [0, 0.1) is 12.3 Å². The molecule has 0 saturated heterocycles. The van der Waals surface area contributed by atoms with Gasteiger partial charge in [0, 0.05) is 6.04 Å². The van der Waals surface area contributed by atoms with Crippen LogP contribution in [0.15, 0.2) is 18.2 Å². The fourth-order valence-corrected chi connectivity index (χ4v) is 3.89. The second kappa shape index (κ2) is 4.77. The van der Waals surface area contributed by atoms with Crippen LogP contribution in [0.25, 0.3) is 0 Å². The highest BCUT2D eigenvalue weighted by molar-refractivity contribution is 6.33. The van der Waals surface area contributed by atoms with E-state index in [9.17, 15) is 0 Å². The van der Waals surface area contributed by atoms with Crippen LogP contribution in [0.3, 0.4) is 0 Å². The maximum Gasteiger partial charge on any atom is 0.0637 e. The Morgan fingerprint density at radius 1 is 1.17 bits per heavy atom. The predicted molar refractivity (Wildman–Crippen MR) is 78.4 cm³/mol. The average molecular weight is 264 g/mol. The molecule has 2 fully saturated rings. The lowest BCUT2D eigenvalue weighted by Gasteiger charge is -2.52. The summed E-state index contributed by atoms with van der Waals surface area (Å²) in [5.41, 5.74) is 3.00. The minimum Gasteiger partial charge on any atom is -0.381 e. The molecule has 0 bridgehead atoms. The van der Waals surface area contributed by atoms with Crippen LogP contribution < -0.4 is 5.32 Å². The Kier molecular flexibility index (Phi) is 3.27. The lowest BCUT2D eigenvalue weighted by Crippen LogP contribution is -2.50. The molecule has 1 nitrogen and oxygen atoms in total. The fourth-order valence-electron chi connectivity index (χ4n) is 3.71. The molecule has 1 unspecified atom stereocenters. The van der Waals surface area contributed by atoms with Crippen LogP contribution in [-0.4, -0.2) is 6.04 Å². The summed E-state index contributed by atoms with van der Waals surface area (Å²) in [7, 11) is 0. The van der Waals surface area contributed by atoms with Crippen molar-refractivity contribution in [2.45, 2.75) is 57.9 Å². The van der Waals surface area contributed by atoms with Crippen LogP contribution in [0.1, 0.15) is 50.5 Å². The van der Waals surface area contributed by atoms with E-state index in [1.165, 1.54) is 50.5 Å². The molecule has 98 valence electrons. The van der Waals surface area contributed by atoms with Crippen molar-refractivity contribution >= 4 is 17.3 Å². The molecular formula is C16H22ClN. The Morgan fingerprint density at radius 2 is 1.94 bits per heavy atom. The second-order valence-corrected chi connectivity index (χ2v) is 6.55. The van der Waals surface area contributed by atoms with Crippen molar-refractivity contribution in [1.82, 2.24) is 0 Å². The van der Waals surface area contributed by atoms with Gasteiger partial charge in [0.15, 0.2) is 0 Å². The maximum atomic E-state index is 6.29. The van der Waals surface area contributed by atoms with Crippen molar-refractivity contribution in [3.8, 4) is 0 Å². The van der Waals surface area contributed by atoms with Gasteiger partial charge < -0.3 is 5.32 Å². The molecule has 0 aromatic heterocycles. The number of hydrogen-bond acceptors (Lipinski definition) is 1. The summed E-state index contributed by atoms with van der Waals surface area (Å²) in [6.45, 7) is 2.12. The van der Waals surface area contributed by atoms with Gasteiger partial charge in [-0.05, 0) is 55.7 Å². The third-order valence-electron chi connectivity index (χ3n) is 4.97. The second-order valence-electron chi connectivity index (χ2n) is 6.14. The standard InChI is InChI=1S/C16H22ClN/c1-12-5-6-13(17)14(11-12)18-15-7-10-16(15)8-3-2-4-9-16/h5-6,11,15,18H,2-4,7-10H2,1H3. The molecule has 2 aliphatic carbocycles. The number of hydrogen-bond donors (Lipinski definition) is 1. The van der Waals surface area contributed by atoms with Gasteiger partial charge in [-0.2, -0.15) is 0 Å². The average Bonchev–Trinajstić information content (AvgIpc) is 2.39. The van der Waals surface area contributed by atoms with E-state index >= 15 is 0 Å². The van der Waals surface area contributed by atoms with Gasteiger partial charge in [0.2, 0.25) is 0 Å². The van der Waals surface area contributed by atoms with Crippen molar-refractivity contribution < 1.29 is 0 Å². The first-order valence-electron chi connectivity index (χ1n) is 7.22. The van der Waals surface area contributed by atoms with E-state index < -0.39 is 0 Å². The molecule has 0 heterocycles. The zero-order valence-electron chi connectivity index (χ0n) is 11.1. The molecule has 0 amide bonds. The Morgan fingerprint density at radius 3 is 2.61 bits per heavy atom. The first-order chi connectivity index (χ1) is 8.70. The SMILES string of the molecule is Cc1ccc(Cl)c(NC2CCC23CCCCC3)c1. The lowest BCUT2D eigenvalue weighted by atomic mass is 9.57. The minimum atomic E-state index is 0.589. The minimum absolute atomic E-state index is 0.589. The number of rotatable bonds is 2. The molecule has 2 saturated carbocycles. The Labute approximate surface area is 115 Å². The van der Waals surface area contributed by atoms with Gasteiger partial charge in [0.25, 0.3) is 0 Å². The number of anilines is 1. The van der Waals surface area contributed by atoms with Gasteiger partial charge in [0.05, 0.1) is 10.7 Å². The van der Waals surface area contributed by atoms with Crippen molar-refractivity contribution in [2.75, 3.05) is 5.32 Å².